The SMILES string of the molecule is FC(F)(F)C(F)(F)C(F)(F)c1cc[c]cc1. The van der Waals surface area contributed by atoms with Crippen LogP contribution < -0.4 is 0 Å². The molecular weight excluding hydrogens is 241 g/mol. The highest BCUT2D eigenvalue weighted by molar-refractivity contribution is 5.22. The Bertz CT molecular complexity index is 352. The van der Waals surface area contributed by atoms with E-state index in [-0.39, 0.29) is 0 Å². The average Bonchev–Trinajstić information content (AvgIpc) is 2.17. The highest BCUT2D eigenvalue weighted by atomic mass is 19.4. The number of hydrogen-bond acceptors (Lipinski definition) is 0. The zero-order chi connectivity index (χ0) is 12.6. The second-order valence-corrected chi connectivity index (χ2v) is 2.94. The second kappa shape index (κ2) is 3.64. The van der Waals surface area contributed by atoms with E-state index in [1.807, 2.05) is 0 Å². The van der Waals surface area contributed by atoms with Gasteiger partial charge in [-0.3, -0.25) is 0 Å². The number of rotatable bonds is 2. The van der Waals surface area contributed by atoms with E-state index < -0.39 is 23.6 Å². The molecule has 16 heavy (non-hydrogen) atoms. The van der Waals surface area contributed by atoms with Gasteiger partial charge < -0.3 is 0 Å². The molecule has 0 bridgehead atoms. The fourth-order valence-electron chi connectivity index (χ4n) is 0.956. The van der Waals surface area contributed by atoms with E-state index >= 15 is 0 Å². The van der Waals surface area contributed by atoms with E-state index in [9.17, 15) is 30.7 Å². The normalized spacial score (nSPS) is 13.9. The van der Waals surface area contributed by atoms with Crippen LogP contribution in [0.4, 0.5) is 30.7 Å². The zero-order valence-corrected chi connectivity index (χ0v) is 7.46. The van der Waals surface area contributed by atoms with Crippen molar-refractivity contribution in [2.45, 2.75) is 18.0 Å². The molecule has 1 radical (unpaired) electrons. The summed E-state index contributed by atoms with van der Waals surface area (Å²) in [5.74, 6) is -11.4. The van der Waals surface area contributed by atoms with Gasteiger partial charge in [0.1, 0.15) is 0 Å². The van der Waals surface area contributed by atoms with Crippen molar-refractivity contribution in [2.75, 3.05) is 0 Å². The van der Waals surface area contributed by atoms with Gasteiger partial charge in [0.25, 0.3) is 0 Å². The molecule has 89 valence electrons. The van der Waals surface area contributed by atoms with E-state index in [4.69, 9.17) is 0 Å². The van der Waals surface area contributed by atoms with E-state index in [0.29, 0.717) is 12.1 Å². The van der Waals surface area contributed by atoms with Crippen LogP contribution >= 0.6 is 0 Å². The number of halogens is 7. The molecule has 0 aliphatic heterocycles. The number of hydrogen-bond donors (Lipinski definition) is 0. The summed E-state index contributed by atoms with van der Waals surface area (Å²) in [6.07, 6.45) is -6.31. The van der Waals surface area contributed by atoms with Gasteiger partial charge in [0.2, 0.25) is 0 Å². The Kier molecular flexibility index (Phi) is 2.91. The van der Waals surface area contributed by atoms with Crippen molar-refractivity contribution in [1.29, 1.82) is 0 Å². The maximum Gasteiger partial charge on any atom is 0.460 e. The summed E-state index contributed by atoms with van der Waals surface area (Å²) >= 11 is 0. The molecule has 0 N–H and O–H groups in total. The minimum atomic E-state index is -6.31. The van der Waals surface area contributed by atoms with Gasteiger partial charge in [0.05, 0.1) is 0 Å². The van der Waals surface area contributed by atoms with Gasteiger partial charge in [0, 0.05) is 5.56 Å². The van der Waals surface area contributed by atoms with Crippen LogP contribution in [0, 0.1) is 6.07 Å². The van der Waals surface area contributed by atoms with Crippen LogP contribution in [0.2, 0.25) is 0 Å². The predicted molar refractivity (Wildman–Crippen MR) is 40.2 cm³/mol. The summed E-state index contributed by atoms with van der Waals surface area (Å²) in [6.45, 7) is 0. The van der Waals surface area contributed by atoms with Gasteiger partial charge in [0.15, 0.2) is 0 Å². The maximum absolute atomic E-state index is 12.9. The van der Waals surface area contributed by atoms with E-state index in [1.165, 1.54) is 0 Å². The van der Waals surface area contributed by atoms with E-state index in [1.54, 1.807) is 0 Å². The molecule has 0 spiro atoms. The third-order valence-electron chi connectivity index (χ3n) is 1.83. The molecule has 0 saturated heterocycles. The Morgan fingerprint density at radius 1 is 0.812 bits per heavy atom. The van der Waals surface area contributed by atoms with Crippen LogP contribution in [0.15, 0.2) is 24.3 Å². The highest BCUT2D eigenvalue weighted by Gasteiger charge is 2.73. The van der Waals surface area contributed by atoms with Crippen molar-refractivity contribution < 1.29 is 30.7 Å². The summed E-state index contributed by atoms with van der Waals surface area (Å²) in [4.78, 5) is 0. The minimum Gasteiger partial charge on any atom is -0.194 e. The number of alkyl halides is 7. The molecule has 0 atom stereocenters. The Balaban J connectivity index is 3.22. The fraction of sp³-hybridized carbons (Fsp3) is 0.333. The van der Waals surface area contributed by atoms with Gasteiger partial charge in [-0.15, -0.1) is 0 Å². The lowest BCUT2D eigenvalue weighted by Crippen LogP contribution is -2.49. The summed E-state index contributed by atoms with van der Waals surface area (Å²) in [7, 11) is 0. The second-order valence-electron chi connectivity index (χ2n) is 2.94. The number of benzene rings is 1. The van der Waals surface area contributed by atoms with Gasteiger partial charge in [-0.05, 0) is 6.07 Å². The van der Waals surface area contributed by atoms with Crippen molar-refractivity contribution in [3.63, 3.8) is 0 Å². The molecule has 0 aliphatic rings. The summed E-state index contributed by atoms with van der Waals surface area (Å²) in [5, 5.41) is 0. The first-order chi connectivity index (χ1) is 7.11. The molecule has 0 heterocycles. The Labute approximate surface area is 85.7 Å². The third kappa shape index (κ3) is 1.85. The molecule has 0 nitrogen and oxygen atoms in total. The fourth-order valence-corrected chi connectivity index (χ4v) is 0.956. The van der Waals surface area contributed by atoms with Crippen LogP contribution in [-0.4, -0.2) is 12.1 Å². The van der Waals surface area contributed by atoms with Crippen LogP contribution in [0.5, 0.6) is 0 Å². The van der Waals surface area contributed by atoms with Crippen molar-refractivity contribution in [3.8, 4) is 0 Å². The highest BCUT2D eigenvalue weighted by Crippen LogP contribution is 2.51. The third-order valence-corrected chi connectivity index (χ3v) is 1.83. The Morgan fingerprint density at radius 3 is 1.62 bits per heavy atom. The lowest BCUT2D eigenvalue weighted by molar-refractivity contribution is -0.359. The standard InChI is InChI=1S/C9H4F7/c10-7(11,6-4-2-1-3-5-6)8(12,13)9(14,15)16/h2-5H. The van der Waals surface area contributed by atoms with Crippen molar-refractivity contribution >= 4 is 0 Å². The zero-order valence-electron chi connectivity index (χ0n) is 7.46. The largest absolute Gasteiger partial charge is 0.460 e. The quantitative estimate of drug-likeness (QED) is 0.695. The lowest BCUT2D eigenvalue weighted by Gasteiger charge is -2.28. The molecule has 0 aromatic heterocycles. The van der Waals surface area contributed by atoms with E-state index in [0.717, 1.165) is 12.1 Å². The molecule has 0 unspecified atom stereocenters. The molecule has 0 amide bonds. The molecule has 7 heteroatoms. The maximum atomic E-state index is 12.9. The van der Waals surface area contributed by atoms with Crippen molar-refractivity contribution in [1.82, 2.24) is 0 Å². The minimum absolute atomic E-state index is 0.458. The first kappa shape index (κ1) is 12.8. The predicted octanol–water partition coefficient (Wildman–Crippen LogP) is 3.78. The first-order valence-corrected chi connectivity index (χ1v) is 3.89. The van der Waals surface area contributed by atoms with Gasteiger partial charge >= 0.3 is 18.0 Å². The average molecular weight is 245 g/mol. The smallest absolute Gasteiger partial charge is 0.194 e. The Hall–Kier alpha value is -1.27. The van der Waals surface area contributed by atoms with Gasteiger partial charge in [-0.1, -0.05) is 24.3 Å². The van der Waals surface area contributed by atoms with Crippen molar-refractivity contribution in [3.05, 3.63) is 35.9 Å². The summed E-state index contributed by atoms with van der Waals surface area (Å²) < 4.78 is 86.2. The van der Waals surface area contributed by atoms with Crippen LogP contribution in [0.3, 0.4) is 0 Å². The van der Waals surface area contributed by atoms with Crippen LogP contribution in [0.25, 0.3) is 0 Å². The first-order valence-electron chi connectivity index (χ1n) is 3.89. The molecule has 1 rings (SSSR count). The summed E-state index contributed by atoms with van der Waals surface area (Å²) in [5.41, 5.74) is -1.41. The molecule has 1 aromatic carbocycles. The van der Waals surface area contributed by atoms with Crippen LogP contribution in [-0.2, 0) is 5.92 Å². The molecule has 0 saturated carbocycles. The monoisotopic (exact) mass is 245 g/mol. The topological polar surface area (TPSA) is 0 Å². The van der Waals surface area contributed by atoms with Crippen molar-refractivity contribution in [2.24, 2.45) is 0 Å². The molecule has 0 aliphatic carbocycles. The van der Waals surface area contributed by atoms with Gasteiger partial charge in [-0.2, -0.15) is 30.7 Å². The van der Waals surface area contributed by atoms with Crippen LogP contribution in [0.1, 0.15) is 5.56 Å². The summed E-state index contributed by atoms with van der Waals surface area (Å²) in [6, 6.07) is 4.81. The van der Waals surface area contributed by atoms with E-state index in [2.05, 4.69) is 6.07 Å². The lowest BCUT2D eigenvalue weighted by atomic mass is 10.0. The Morgan fingerprint density at radius 2 is 1.25 bits per heavy atom. The van der Waals surface area contributed by atoms with Gasteiger partial charge in [-0.25, -0.2) is 0 Å². The molecule has 0 fully saturated rings. The molecule has 1 aromatic rings. The molecular formula is C9H4F7.